The summed E-state index contributed by atoms with van der Waals surface area (Å²) < 4.78 is 5.00. The van der Waals surface area contributed by atoms with Crippen LogP contribution in [0, 0.1) is 10.1 Å². The minimum Gasteiger partial charge on any atom is -0.400 e. The quantitative estimate of drug-likeness (QED) is 0.393. The first-order valence-corrected chi connectivity index (χ1v) is 8.27. The van der Waals surface area contributed by atoms with Gasteiger partial charge in [0.15, 0.2) is 5.76 Å². The molecule has 0 aromatic carbocycles. The zero-order valence-electron chi connectivity index (χ0n) is 16.2. The first kappa shape index (κ1) is 20.1. The molecule has 0 amide bonds. The van der Waals surface area contributed by atoms with Crippen LogP contribution >= 0.6 is 0 Å². The predicted octanol–water partition coefficient (Wildman–Crippen LogP) is 3.24. The third-order valence-electron chi connectivity index (χ3n) is 2.76. The highest BCUT2D eigenvalue weighted by Crippen LogP contribution is 2.17. The summed E-state index contributed by atoms with van der Waals surface area (Å²) in [5, 5.41) is 21.0. The Balaban J connectivity index is 2.20. The molecule has 11 heteroatoms. The second kappa shape index (κ2) is 7.56. The Kier molecular flexibility index (Phi) is 5.62. The summed E-state index contributed by atoms with van der Waals surface area (Å²) >= 11 is 0. The number of aromatic nitrogens is 3. The number of nitrogens with zero attached hydrogens (tertiary/aromatic N) is 5. The van der Waals surface area contributed by atoms with Gasteiger partial charge in [-0.15, -0.1) is 0 Å². The van der Waals surface area contributed by atoms with Crippen LogP contribution in [-0.2, 0) is 0 Å². The fourth-order valence-corrected chi connectivity index (χ4v) is 1.87. The maximum Gasteiger partial charge on any atom is 0.433 e. The number of hydrazone groups is 1. The van der Waals surface area contributed by atoms with Gasteiger partial charge in [0, 0.05) is 11.1 Å². The third kappa shape index (κ3) is 6.88. The molecular weight excluding hydrogens is 352 g/mol. The molecule has 2 aromatic rings. The van der Waals surface area contributed by atoms with E-state index >= 15 is 0 Å². The van der Waals surface area contributed by atoms with Crippen molar-refractivity contribution in [2.75, 3.05) is 16.1 Å². The minimum absolute atomic E-state index is 0.209. The second-order valence-electron chi connectivity index (χ2n) is 7.86. The lowest BCUT2D eigenvalue weighted by Crippen LogP contribution is -2.30. The van der Waals surface area contributed by atoms with Crippen molar-refractivity contribution in [2.24, 2.45) is 5.10 Å². The molecule has 0 atom stereocenters. The maximum absolute atomic E-state index is 10.6. The van der Waals surface area contributed by atoms with Crippen LogP contribution in [0.1, 0.15) is 47.3 Å². The average Bonchev–Trinajstić information content (AvgIpc) is 2.92. The van der Waals surface area contributed by atoms with Crippen LogP contribution in [0.25, 0.3) is 0 Å². The van der Waals surface area contributed by atoms with E-state index in [1.807, 2.05) is 41.5 Å². The Hall–Kier alpha value is -3.24. The molecule has 0 aliphatic heterocycles. The Labute approximate surface area is 156 Å². The number of furan rings is 1. The summed E-state index contributed by atoms with van der Waals surface area (Å²) in [5.74, 6) is 0.848. The van der Waals surface area contributed by atoms with Gasteiger partial charge in [-0.1, -0.05) is 0 Å². The van der Waals surface area contributed by atoms with Crippen molar-refractivity contribution in [3.8, 4) is 0 Å². The van der Waals surface area contributed by atoms with Crippen molar-refractivity contribution in [1.82, 2.24) is 15.0 Å². The molecular formula is C16H24N8O3. The van der Waals surface area contributed by atoms with Crippen LogP contribution in [0.15, 0.2) is 21.7 Å². The van der Waals surface area contributed by atoms with Crippen LogP contribution in [0.4, 0.5) is 23.7 Å². The number of anilines is 3. The highest BCUT2D eigenvalue weighted by atomic mass is 16.6. The van der Waals surface area contributed by atoms with E-state index in [1.54, 1.807) is 0 Å². The smallest absolute Gasteiger partial charge is 0.400 e. The normalized spacial score (nSPS) is 12.2. The molecule has 0 unspecified atom stereocenters. The Morgan fingerprint density at radius 3 is 1.96 bits per heavy atom. The zero-order valence-corrected chi connectivity index (χ0v) is 16.2. The number of nitrogens with one attached hydrogen (secondary N) is 3. The van der Waals surface area contributed by atoms with Gasteiger partial charge in [-0.25, -0.2) is 5.43 Å². The third-order valence-corrected chi connectivity index (χ3v) is 2.76. The molecule has 0 spiro atoms. The lowest BCUT2D eigenvalue weighted by molar-refractivity contribution is -0.402. The molecule has 11 nitrogen and oxygen atoms in total. The van der Waals surface area contributed by atoms with Crippen LogP contribution in [0.2, 0.25) is 0 Å². The van der Waals surface area contributed by atoms with Crippen LogP contribution < -0.4 is 16.1 Å². The van der Waals surface area contributed by atoms with Gasteiger partial charge in [0.05, 0.1) is 12.3 Å². The summed E-state index contributed by atoms with van der Waals surface area (Å²) in [6.45, 7) is 11.9. The predicted molar refractivity (Wildman–Crippen MR) is 103 cm³/mol. The minimum atomic E-state index is -0.619. The van der Waals surface area contributed by atoms with E-state index in [0.29, 0.717) is 11.9 Å². The van der Waals surface area contributed by atoms with Crippen LogP contribution in [-0.4, -0.2) is 37.2 Å². The number of rotatable bonds is 6. The van der Waals surface area contributed by atoms with E-state index in [4.69, 9.17) is 4.42 Å². The Bertz CT molecular complexity index is 799. The average molecular weight is 376 g/mol. The second-order valence-corrected chi connectivity index (χ2v) is 7.86. The van der Waals surface area contributed by atoms with Crippen molar-refractivity contribution in [3.63, 3.8) is 0 Å². The first-order valence-electron chi connectivity index (χ1n) is 8.27. The highest BCUT2D eigenvalue weighted by Gasteiger charge is 2.17. The molecule has 27 heavy (non-hydrogen) atoms. The van der Waals surface area contributed by atoms with Crippen molar-refractivity contribution in [2.45, 2.75) is 52.6 Å². The van der Waals surface area contributed by atoms with Crippen molar-refractivity contribution in [3.05, 3.63) is 28.0 Å². The van der Waals surface area contributed by atoms with Gasteiger partial charge in [-0.2, -0.15) is 20.1 Å². The molecule has 0 fully saturated rings. The highest BCUT2D eigenvalue weighted by molar-refractivity contribution is 5.76. The summed E-state index contributed by atoms with van der Waals surface area (Å²) in [4.78, 5) is 22.9. The molecule has 0 radical (unpaired) electrons. The molecule has 0 bridgehead atoms. The fourth-order valence-electron chi connectivity index (χ4n) is 1.87. The van der Waals surface area contributed by atoms with E-state index in [2.05, 4.69) is 36.1 Å². The van der Waals surface area contributed by atoms with Gasteiger partial charge in [0.1, 0.15) is 4.92 Å². The Morgan fingerprint density at radius 2 is 1.52 bits per heavy atom. The van der Waals surface area contributed by atoms with Crippen molar-refractivity contribution >= 4 is 29.9 Å². The molecule has 0 aliphatic carbocycles. The first-order chi connectivity index (χ1) is 12.4. The van der Waals surface area contributed by atoms with Crippen molar-refractivity contribution in [1.29, 1.82) is 0 Å². The summed E-state index contributed by atoms with van der Waals surface area (Å²) in [6, 6.07) is 2.69. The molecule has 0 aliphatic rings. The molecule has 146 valence electrons. The van der Waals surface area contributed by atoms with Crippen LogP contribution in [0.5, 0.6) is 0 Å². The van der Waals surface area contributed by atoms with Gasteiger partial charge < -0.3 is 15.1 Å². The van der Waals surface area contributed by atoms with Gasteiger partial charge in [-0.3, -0.25) is 10.1 Å². The molecule has 2 heterocycles. The number of nitro groups is 1. The maximum atomic E-state index is 10.6. The summed E-state index contributed by atoms with van der Waals surface area (Å²) in [5.41, 5.74) is 2.20. The molecule has 2 aromatic heterocycles. The van der Waals surface area contributed by atoms with E-state index in [0.717, 1.165) is 0 Å². The summed E-state index contributed by atoms with van der Waals surface area (Å²) in [6.07, 6.45) is 1.30. The van der Waals surface area contributed by atoms with E-state index in [-0.39, 0.29) is 28.7 Å². The topological polar surface area (TPSA) is 143 Å². The monoisotopic (exact) mass is 376 g/mol. The molecule has 0 saturated heterocycles. The molecule has 0 saturated carbocycles. The Morgan fingerprint density at radius 1 is 1.00 bits per heavy atom. The SMILES string of the molecule is CC(C)(C)Nc1nc(N/N=C/c2ccc([N+](=O)[O-])o2)nc(NC(C)(C)C)n1. The standard InChI is InChI=1S/C16H24N8O3/c1-15(2,3)21-12-18-13(22-16(4,5)6)20-14(19-12)23-17-9-10-7-8-11(27-10)24(25)26/h7-9H,1-6H3,(H3,18,19,20,21,22,23)/b17-9+. The van der Waals surface area contributed by atoms with Gasteiger partial charge in [0.2, 0.25) is 17.8 Å². The van der Waals surface area contributed by atoms with Gasteiger partial charge in [-0.05, 0) is 47.6 Å². The van der Waals surface area contributed by atoms with Crippen molar-refractivity contribution < 1.29 is 9.34 Å². The summed E-state index contributed by atoms with van der Waals surface area (Å²) in [7, 11) is 0. The fraction of sp³-hybridized carbons (Fsp3) is 0.500. The van der Waals surface area contributed by atoms with E-state index < -0.39 is 4.92 Å². The van der Waals surface area contributed by atoms with Gasteiger partial charge >= 0.3 is 5.88 Å². The molecule has 3 N–H and O–H groups in total. The van der Waals surface area contributed by atoms with E-state index in [9.17, 15) is 10.1 Å². The molecule has 2 rings (SSSR count). The number of hydrogen-bond donors (Lipinski definition) is 3. The number of hydrogen-bond acceptors (Lipinski definition) is 10. The van der Waals surface area contributed by atoms with E-state index in [1.165, 1.54) is 18.3 Å². The largest absolute Gasteiger partial charge is 0.433 e. The lowest BCUT2D eigenvalue weighted by atomic mass is 10.1. The lowest BCUT2D eigenvalue weighted by Gasteiger charge is -2.23. The van der Waals surface area contributed by atoms with Crippen LogP contribution in [0.3, 0.4) is 0 Å². The zero-order chi connectivity index (χ0) is 20.2. The van der Waals surface area contributed by atoms with Gasteiger partial charge in [0.25, 0.3) is 0 Å².